The van der Waals surface area contributed by atoms with Crippen LogP contribution in [0.4, 0.5) is 0 Å². The van der Waals surface area contributed by atoms with Crippen LogP contribution in [0.25, 0.3) is 5.76 Å². The summed E-state index contributed by atoms with van der Waals surface area (Å²) in [5.41, 5.74) is 2.30. The number of rotatable bonds is 5. The van der Waals surface area contributed by atoms with Crippen LogP contribution >= 0.6 is 11.6 Å². The lowest BCUT2D eigenvalue weighted by Crippen LogP contribution is -2.09. The van der Waals surface area contributed by atoms with Gasteiger partial charge >= 0.3 is 5.97 Å². The van der Waals surface area contributed by atoms with Gasteiger partial charge in [0.15, 0.2) is 0 Å². The molecule has 0 aliphatic heterocycles. The minimum absolute atomic E-state index is 0.375. The van der Waals surface area contributed by atoms with Gasteiger partial charge in [0, 0.05) is 16.7 Å². The number of carbonyl (C=O) groups is 2. The Hall–Kier alpha value is -2.59. The zero-order valence-electron chi connectivity index (χ0n) is 11.5. The molecule has 0 aliphatic rings. The summed E-state index contributed by atoms with van der Waals surface area (Å²) in [6.07, 6.45) is 1.30. The first kappa shape index (κ1) is 15.8. The van der Waals surface area contributed by atoms with E-state index in [1.807, 2.05) is 24.3 Å². The lowest BCUT2D eigenvalue weighted by atomic mass is 10.0. The fraction of sp³-hybridized carbons (Fsp3) is 0.0588. The molecule has 0 atom stereocenters. The molecule has 0 fully saturated rings. The highest BCUT2D eigenvalue weighted by molar-refractivity contribution is 6.38. The largest absolute Gasteiger partial charge is 0.507 e. The Labute approximate surface area is 132 Å². The normalized spacial score (nSPS) is 11.2. The summed E-state index contributed by atoms with van der Waals surface area (Å²) in [4.78, 5) is 21.6. The van der Waals surface area contributed by atoms with Crippen LogP contribution in [-0.2, 0) is 16.0 Å². The molecule has 0 heterocycles. The number of aliphatic hydroxyl groups excluding tert-OH is 1. The minimum Gasteiger partial charge on any atom is -0.507 e. The van der Waals surface area contributed by atoms with Crippen molar-refractivity contribution in [3.05, 3.63) is 76.3 Å². The van der Waals surface area contributed by atoms with Crippen molar-refractivity contribution in [1.29, 1.82) is 0 Å². The number of aliphatic carboxylic acids is 1. The summed E-state index contributed by atoms with van der Waals surface area (Å²) in [5.74, 6) is -3.15. The SMILES string of the molecule is O=C(O)C(=O)/C=C(\O)c1cccc(Cc2cccc(Cl)c2)c1. The fourth-order valence-electron chi connectivity index (χ4n) is 1.99. The van der Waals surface area contributed by atoms with Gasteiger partial charge in [-0.2, -0.15) is 0 Å². The fourth-order valence-corrected chi connectivity index (χ4v) is 2.21. The van der Waals surface area contributed by atoms with Gasteiger partial charge in [-0.1, -0.05) is 41.9 Å². The molecule has 2 N–H and O–H groups in total. The van der Waals surface area contributed by atoms with Crippen molar-refractivity contribution in [2.45, 2.75) is 6.42 Å². The molecule has 0 radical (unpaired) electrons. The third-order valence-corrected chi connectivity index (χ3v) is 3.23. The summed E-state index contributed by atoms with van der Waals surface area (Å²) in [7, 11) is 0. The van der Waals surface area contributed by atoms with E-state index in [1.165, 1.54) is 0 Å². The van der Waals surface area contributed by atoms with E-state index in [1.54, 1.807) is 24.3 Å². The number of carboxylic acid groups (broad SMARTS) is 1. The minimum atomic E-state index is -1.61. The van der Waals surface area contributed by atoms with Crippen molar-refractivity contribution in [3.8, 4) is 0 Å². The molecule has 0 bridgehead atoms. The zero-order valence-corrected chi connectivity index (χ0v) is 12.2. The average molecular weight is 317 g/mol. The maximum Gasteiger partial charge on any atom is 0.376 e. The summed E-state index contributed by atoms with van der Waals surface area (Å²) >= 11 is 5.94. The lowest BCUT2D eigenvalue weighted by Gasteiger charge is -2.05. The number of ketones is 1. The molecule has 112 valence electrons. The van der Waals surface area contributed by atoms with Crippen molar-refractivity contribution in [1.82, 2.24) is 0 Å². The molecule has 5 heteroatoms. The Bertz CT molecular complexity index is 750. The Balaban J connectivity index is 2.23. The van der Waals surface area contributed by atoms with Crippen LogP contribution in [0.5, 0.6) is 0 Å². The molecule has 4 nitrogen and oxygen atoms in total. The van der Waals surface area contributed by atoms with Gasteiger partial charge in [-0.15, -0.1) is 0 Å². The van der Waals surface area contributed by atoms with Crippen molar-refractivity contribution in [2.75, 3.05) is 0 Å². The van der Waals surface area contributed by atoms with E-state index in [0.717, 1.165) is 11.1 Å². The number of hydrogen-bond donors (Lipinski definition) is 2. The van der Waals surface area contributed by atoms with E-state index in [4.69, 9.17) is 16.7 Å². The van der Waals surface area contributed by atoms with Crippen molar-refractivity contribution < 1.29 is 19.8 Å². The quantitative estimate of drug-likeness (QED) is 0.503. The standard InChI is InChI=1S/C17H13ClO4/c18-14-6-2-4-12(9-14)7-11-3-1-5-13(8-11)15(19)10-16(20)17(21)22/h1-6,8-10,19H,7H2,(H,21,22)/b15-10-. The van der Waals surface area contributed by atoms with Gasteiger partial charge in [0.05, 0.1) is 0 Å². The molecule has 22 heavy (non-hydrogen) atoms. The highest BCUT2D eigenvalue weighted by Gasteiger charge is 2.10. The van der Waals surface area contributed by atoms with Crippen LogP contribution < -0.4 is 0 Å². The molecule has 2 rings (SSSR count). The summed E-state index contributed by atoms with van der Waals surface area (Å²) in [5, 5.41) is 19.0. The van der Waals surface area contributed by atoms with Crippen LogP contribution in [-0.4, -0.2) is 22.0 Å². The van der Waals surface area contributed by atoms with Gasteiger partial charge in [-0.05, 0) is 35.7 Å². The first-order valence-electron chi connectivity index (χ1n) is 6.47. The molecule has 2 aromatic carbocycles. The van der Waals surface area contributed by atoms with E-state index >= 15 is 0 Å². The first-order valence-corrected chi connectivity index (χ1v) is 6.85. The van der Waals surface area contributed by atoms with Crippen LogP contribution in [0.15, 0.2) is 54.6 Å². The average Bonchev–Trinajstić information content (AvgIpc) is 2.47. The lowest BCUT2D eigenvalue weighted by molar-refractivity contribution is -0.146. The van der Waals surface area contributed by atoms with Crippen molar-refractivity contribution >= 4 is 29.1 Å². The highest BCUT2D eigenvalue weighted by atomic mass is 35.5. The molecule has 0 aromatic heterocycles. The Morgan fingerprint density at radius 3 is 2.27 bits per heavy atom. The van der Waals surface area contributed by atoms with Gasteiger partial charge in [-0.3, -0.25) is 4.79 Å². The summed E-state index contributed by atoms with van der Waals surface area (Å²) in [6, 6.07) is 14.3. The third kappa shape index (κ3) is 4.20. The Kier molecular flexibility index (Phi) is 4.96. The van der Waals surface area contributed by atoms with E-state index in [2.05, 4.69) is 0 Å². The second-order valence-corrected chi connectivity index (χ2v) is 5.14. The van der Waals surface area contributed by atoms with Crippen molar-refractivity contribution in [3.63, 3.8) is 0 Å². The maximum absolute atomic E-state index is 11.1. The maximum atomic E-state index is 11.1. The smallest absolute Gasteiger partial charge is 0.376 e. The van der Waals surface area contributed by atoms with Gasteiger partial charge in [-0.25, -0.2) is 4.79 Å². The van der Waals surface area contributed by atoms with Gasteiger partial charge < -0.3 is 10.2 Å². The number of carbonyl (C=O) groups excluding carboxylic acids is 1. The van der Waals surface area contributed by atoms with E-state index in [9.17, 15) is 14.7 Å². The molecule has 0 aliphatic carbocycles. The predicted octanol–water partition coefficient (Wildman–Crippen LogP) is 3.48. The van der Waals surface area contributed by atoms with Crippen LogP contribution in [0.3, 0.4) is 0 Å². The molecule has 0 spiro atoms. The number of hydrogen-bond acceptors (Lipinski definition) is 3. The number of carboxylic acids is 1. The second-order valence-electron chi connectivity index (χ2n) is 4.71. The predicted molar refractivity (Wildman–Crippen MR) is 83.9 cm³/mol. The highest BCUT2D eigenvalue weighted by Crippen LogP contribution is 2.18. The number of halogens is 1. The van der Waals surface area contributed by atoms with E-state index < -0.39 is 11.8 Å². The molecule has 0 amide bonds. The van der Waals surface area contributed by atoms with Crippen LogP contribution in [0.2, 0.25) is 5.02 Å². The summed E-state index contributed by atoms with van der Waals surface area (Å²) < 4.78 is 0. The topological polar surface area (TPSA) is 74.6 Å². The first-order chi connectivity index (χ1) is 10.5. The molecule has 0 saturated heterocycles. The third-order valence-electron chi connectivity index (χ3n) is 3.00. The van der Waals surface area contributed by atoms with Gasteiger partial charge in [0.1, 0.15) is 5.76 Å². The number of benzene rings is 2. The van der Waals surface area contributed by atoms with E-state index in [0.29, 0.717) is 23.1 Å². The summed E-state index contributed by atoms with van der Waals surface area (Å²) in [6.45, 7) is 0. The van der Waals surface area contributed by atoms with Gasteiger partial charge in [0.25, 0.3) is 5.78 Å². The molecule has 0 unspecified atom stereocenters. The number of aliphatic hydroxyl groups is 1. The van der Waals surface area contributed by atoms with Crippen LogP contribution in [0, 0.1) is 0 Å². The van der Waals surface area contributed by atoms with Crippen molar-refractivity contribution in [2.24, 2.45) is 0 Å². The monoisotopic (exact) mass is 316 g/mol. The molecule has 2 aromatic rings. The molecule has 0 saturated carbocycles. The molecular formula is C17H13ClO4. The molecular weight excluding hydrogens is 304 g/mol. The Morgan fingerprint density at radius 2 is 1.64 bits per heavy atom. The Morgan fingerprint density at radius 1 is 1.00 bits per heavy atom. The van der Waals surface area contributed by atoms with E-state index in [-0.39, 0.29) is 5.76 Å². The van der Waals surface area contributed by atoms with Gasteiger partial charge in [0.2, 0.25) is 0 Å². The zero-order chi connectivity index (χ0) is 16.1. The second kappa shape index (κ2) is 6.91. The van der Waals surface area contributed by atoms with Crippen LogP contribution in [0.1, 0.15) is 16.7 Å².